The molecule has 160 valence electrons. The lowest BCUT2D eigenvalue weighted by atomic mass is 10.0. The Labute approximate surface area is 176 Å². The molecule has 7 heteroatoms. The second-order valence-corrected chi connectivity index (χ2v) is 7.55. The molecule has 2 amide bonds. The number of benzene rings is 2. The lowest BCUT2D eigenvalue weighted by Gasteiger charge is -2.32. The van der Waals surface area contributed by atoms with E-state index in [2.05, 4.69) is 12.2 Å². The van der Waals surface area contributed by atoms with Crippen molar-refractivity contribution in [2.45, 2.75) is 38.6 Å². The van der Waals surface area contributed by atoms with Crippen molar-refractivity contribution in [3.8, 4) is 17.2 Å². The maximum atomic E-state index is 12.4. The fourth-order valence-electron chi connectivity index (χ4n) is 3.55. The number of phenolic OH excluding ortho intramolecular Hbond substituents is 2. The average molecular weight is 412 g/mol. The van der Waals surface area contributed by atoms with Crippen LogP contribution in [0.5, 0.6) is 17.2 Å². The Balaban J connectivity index is 1.43. The van der Waals surface area contributed by atoms with Crippen LogP contribution in [0.25, 0.3) is 0 Å². The number of hydrogen-bond donors (Lipinski definition) is 3. The minimum Gasteiger partial charge on any atom is -0.508 e. The topological polar surface area (TPSA) is 99.1 Å². The molecule has 1 aliphatic heterocycles. The molecule has 0 atom stereocenters. The molecule has 3 rings (SSSR count). The van der Waals surface area contributed by atoms with Gasteiger partial charge in [-0.1, -0.05) is 25.5 Å². The predicted octanol–water partition coefficient (Wildman–Crippen LogP) is 2.85. The predicted molar refractivity (Wildman–Crippen MR) is 113 cm³/mol. The van der Waals surface area contributed by atoms with Crippen LogP contribution in [0, 0.1) is 0 Å². The molecule has 0 aromatic heterocycles. The highest BCUT2D eigenvalue weighted by atomic mass is 16.5. The van der Waals surface area contributed by atoms with Crippen LogP contribution in [0.1, 0.15) is 42.1 Å². The van der Waals surface area contributed by atoms with Crippen LogP contribution < -0.4 is 10.1 Å². The smallest absolute Gasteiger partial charge is 0.260 e. The van der Waals surface area contributed by atoms with Gasteiger partial charge in [-0.2, -0.15) is 0 Å². The van der Waals surface area contributed by atoms with Gasteiger partial charge in [0.1, 0.15) is 17.2 Å². The summed E-state index contributed by atoms with van der Waals surface area (Å²) in [6.45, 7) is 3.20. The number of ether oxygens (including phenoxy) is 1. The summed E-state index contributed by atoms with van der Waals surface area (Å²) in [7, 11) is 0. The Bertz CT molecular complexity index is 853. The van der Waals surface area contributed by atoms with Gasteiger partial charge in [0.25, 0.3) is 11.8 Å². The van der Waals surface area contributed by atoms with E-state index >= 15 is 0 Å². The first-order valence-corrected chi connectivity index (χ1v) is 10.3. The zero-order valence-corrected chi connectivity index (χ0v) is 17.1. The van der Waals surface area contributed by atoms with Gasteiger partial charge in [0.15, 0.2) is 6.61 Å². The van der Waals surface area contributed by atoms with Gasteiger partial charge in [-0.25, -0.2) is 0 Å². The van der Waals surface area contributed by atoms with E-state index in [1.165, 1.54) is 23.8 Å². The van der Waals surface area contributed by atoms with Crippen molar-refractivity contribution in [2.24, 2.45) is 0 Å². The van der Waals surface area contributed by atoms with Gasteiger partial charge in [-0.15, -0.1) is 0 Å². The number of likely N-dealkylation sites (tertiary alicyclic amines) is 1. The summed E-state index contributed by atoms with van der Waals surface area (Å²) in [5.41, 5.74) is 1.45. The quantitative estimate of drug-likeness (QED) is 0.650. The molecule has 1 heterocycles. The molecule has 1 fully saturated rings. The molecule has 0 spiro atoms. The Hall–Kier alpha value is -3.22. The SMILES string of the molecule is CCCc1ccc(OCC(=O)N2CCC(NC(=O)c3cc(O)cc(O)c3)CC2)cc1. The standard InChI is InChI=1S/C23H28N2O5/c1-2-3-16-4-6-21(7-5-16)30-15-22(28)25-10-8-18(9-11-25)24-23(29)17-12-19(26)14-20(27)13-17/h4-7,12-14,18,26-27H,2-3,8-11,15H2,1H3,(H,24,29). The molecule has 1 saturated heterocycles. The van der Waals surface area contributed by atoms with Crippen molar-refractivity contribution >= 4 is 11.8 Å². The van der Waals surface area contributed by atoms with E-state index in [9.17, 15) is 19.8 Å². The summed E-state index contributed by atoms with van der Waals surface area (Å²) in [5.74, 6) is -0.0861. The number of hydrogen-bond acceptors (Lipinski definition) is 5. The molecule has 0 bridgehead atoms. The molecule has 2 aromatic rings. The summed E-state index contributed by atoms with van der Waals surface area (Å²) in [5, 5.41) is 21.9. The summed E-state index contributed by atoms with van der Waals surface area (Å²) in [6, 6.07) is 11.5. The number of nitrogens with one attached hydrogen (secondary N) is 1. The Morgan fingerprint density at radius 2 is 1.70 bits per heavy atom. The number of carbonyl (C=O) groups is 2. The Morgan fingerprint density at radius 1 is 1.07 bits per heavy atom. The maximum Gasteiger partial charge on any atom is 0.260 e. The van der Waals surface area contributed by atoms with Crippen LogP contribution in [0.2, 0.25) is 0 Å². The summed E-state index contributed by atoms with van der Waals surface area (Å²) >= 11 is 0. The highest BCUT2D eigenvalue weighted by Gasteiger charge is 2.24. The second-order valence-electron chi connectivity index (χ2n) is 7.55. The van der Waals surface area contributed by atoms with Crippen molar-refractivity contribution in [3.63, 3.8) is 0 Å². The van der Waals surface area contributed by atoms with E-state index in [1.807, 2.05) is 24.3 Å². The normalized spacial score (nSPS) is 14.4. The van der Waals surface area contributed by atoms with Crippen LogP contribution in [0.4, 0.5) is 0 Å². The van der Waals surface area contributed by atoms with Crippen LogP contribution in [-0.2, 0) is 11.2 Å². The van der Waals surface area contributed by atoms with E-state index in [4.69, 9.17) is 4.74 Å². The van der Waals surface area contributed by atoms with Crippen molar-refractivity contribution in [1.29, 1.82) is 0 Å². The lowest BCUT2D eigenvalue weighted by Crippen LogP contribution is -2.47. The highest BCUT2D eigenvalue weighted by Crippen LogP contribution is 2.21. The zero-order valence-electron chi connectivity index (χ0n) is 17.1. The number of carbonyl (C=O) groups excluding carboxylic acids is 2. The van der Waals surface area contributed by atoms with Gasteiger partial charge in [0.2, 0.25) is 0 Å². The summed E-state index contributed by atoms with van der Waals surface area (Å²) < 4.78 is 5.62. The number of amides is 2. The van der Waals surface area contributed by atoms with E-state index in [0.717, 1.165) is 12.8 Å². The molecule has 0 radical (unpaired) electrons. The highest BCUT2D eigenvalue weighted by molar-refractivity contribution is 5.95. The lowest BCUT2D eigenvalue weighted by molar-refractivity contribution is -0.134. The van der Waals surface area contributed by atoms with Crippen LogP contribution in [-0.4, -0.2) is 52.7 Å². The molecule has 7 nitrogen and oxygen atoms in total. The van der Waals surface area contributed by atoms with Crippen molar-refractivity contribution in [1.82, 2.24) is 10.2 Å². The van der Waals surface area contributed by atoms with E-state index in [0.29, 0.717) is 31.7 Å². The summed E-state index contributed by atoms with van der Waals surface area (Å²) in [6.07, 6.45) is 3.38. The van der Waals surface area contributed by atoms with Crippen LogP contribution >= 0.6 is 0 Å². The molecule has 3 N–H and O–H groups in total. The first-order valence-electron chi connectivity index (χ1n) is 10.3. The van der Waals surface area contributed by atoms with Crippen molar-refractivity contribution < 1.29 is 24.5 Å². The van der Waals surface area contributed by atoms with Crippen LogP contribution in [0.3, 0.4) is 0 Å². The van der Waals surface area contributed by atoms with Crippen LogP contribution in [0.15, 0.2) is 42.5 Å². The first-order chi connectivity index (χ1) is 14.4. The second kappa shape index (κ2) is 10.0. The molecule has 2 aromatic carbocycles. The summed E-state index contributed by atoms with van der Waals surface area (Å²) in [4.78, 5) is 26.5. The fraction of sp³-hybridized carbons (Fsp3) is 0.391. The molecule has 1 aliphatic rings. The van der Waals surface area contributed by atoms with Gasteiger partial charge >= 0.3 is 0 Å². The Morgan fingerprint density at radius 3 is 2.30 bits per heavy atom. The van der Waals surface area contributed by atoms with E-state index in [1.54, 1.807) is 4.90 Å². The molecular formula is C23H28N2O5. The third-order valence-electron chi connectivity index (χ3n) is 5.17. The van der Waals surface area contributed by atoms with Gasteiger partial charge in [-0.3, -0.25) is 9.59 Å². The van der Waals surface area contributed by atoms with Crippen molar-refractivity contribution in [3.05, 3.63) is 53.6 Å². The number of phenols is 2. The first kappa shape index (κ1) is 21.5. The number of aromatic hydroxyl groups is 2. The number of nitrogens with zero attached hydrogens (tertiary/aromatic N) is 1. The Kier molecular flexibility index (Phi) is 7.17. The molecule has 0 aliphatic carbocycles. The van der Waals surface area contributed by atoms with Gasteiger partial charge in [-0.05, 0) is 49.1 Å². The third-order valence-corrected chi connectivity index (χ3v) is 5.17. The minimum atomic E-state index is -0.360. The number of rotatable bonds is 7. The largest absolute Gasteiger partial charge is 0.508 e. The molecular weight excluding hydrogens is 384 g/mol. The third kappa shape index (κ3) is 5.89. The monoisotopic (exact) mass is 412 g/mol. The number of aryl methyl sites for hydroxylation is 1. The maximum absolute atomic E-state index is 12.4. The fourth-order valence-corrected chi connectivity index (χ4v) is 3.55. The van der Waals surface area contributed by atoms with E-state index < -0.39 is 0 Å². The van der Waals surface area contributed by atoms with E-state index in [-0.39, 0.29) is 41.5 Å². The minimum absolute atomic E-state index is 0.00722. The van der Waals surface area contributed by atoms with Crippen molar-refractivity contribution in [2.75, 3.05) is 19.7 Å². The molecule has 0 unspecified atom stereocenters. The van der Waals surface area contributed by atoms with Gasteiger partial charge in [0, 0.05) is 30.8 Å². The number of piperidine rings is 1. The molecule has 30 heavy (non-hydrogen) atoms. The average Bonchev–Trinajstić information content (AvgIpc) is 2.73. The van der Waals surface area contributed by atoms with Gasteiger partial charge < -0.3 is 25.2 Å². The zero-order chi connectivity index (χ0) is 21.5. The van der Waals surface area contributed by atoms with Gasteiger partial charge in [0.05, 0.1) is 0 Å². The molecule has 0 saturated carbocycles.